The number of hydrogen-bond donors (Lipinski definition) is 0. The molecule has 0 spiro atoms. The highest BCUT2D eigenvalue weighted by molar-refractivity contribution is 8.02. The van der Waals surface area contributed by atoms with Crippen LogP contribution in [0, 0.1) is 0 Å². The van der Waals surface area contributed by atoms with Crippen molar-refractivity contribution >= 4 is 34.1 Å². The highest BCUT2D eigenvalue weighted by Crippen LogP contribution is 2.27. The zero-order valence-electron chi connectivity index (χ0n) is 17.2. The molecule has 4 aromatic carbocycles. The molecule has 0 saturated heterocycles. The van der Waals surface area contributed by atoms with Gasteiger partial charge in [0.15, 0.2) is 0 Å². The molecule has 152 valence electrons. The Labute approximate surface area is 187 Å². The van der Waals surface area contributed by atoms with Gasteiger partial charge in [0.25, 0.3) is 0 Å². The van der Waals surface area contributed by atoms with Crippen LogP contribution in [-0.4, -0.2) is 5.90 Å². The van der Waals surface area contributed by atoms with E-state index in [2.05, 4.69) is 60.7 Å². The molecular weight excluding hydrogens is 398 g/mol. The molecule has 0 amide bonds. The second-order valence-electron chi connectivity index (χ2n) is 7.60. The number of nitrogens with zero attached hydrogens (tertiary/aromatic N) is 1. The molecule has 0 saturated carbocycles. The Hall–Kier alpha value is -3.30. The molecule has 4 aromatic rings. The normalized spacial score (nSPS) is 13.6. The van der Waals surface area contributed by atoms with Gasteiger partial charge in [-0.2, -0.15) is 0 Å². The van der Waals surface area contributed by atoms with Gasteiger partial charge in [-0.05, 0) is 83.0 Å². The summed E-state index contributed by atoms with van der Waals surface area (Å²) < 4.78 is 6.10. The summed E-state index contributed by atoms with van der Waals surface area (Å²) in [5.41, 5.74) is 3.80. The third-order valence-corrected chi connectivity index (χ3v) is 6.22. The highest BCUT2D eigenvalue weighted by Gasteiger charge is 2.11. The largest absolute Gasteiger partial charge is 0.439 e. The Kier molecular flexibility index (Phi) is 5.85. The average molecular weight is 422 g/mol. The van der Waals surface area contributed by atoms with Crippen LogP contribution in [0.2, 0.25) is 0 Å². The van der Waals surface area contributed by atoms with Crippen LogP contribution in [0.1, 0.15) is 17.5 Å². The van der Waals surface area contributed by atoms with Crippen LogP contribution >= 0.6 is 11.8 Å². The average Bonchev–Trinajstić information content (AvgIpc) is 3.27. The molecule has 0 fully saturated rings. The molecular formula is C28H23NOS. The zero-order valence-corrected chi connectivity index (χ0v) is 18.0. The van der Waals surface area contributed by atoms with Gasteiger partial charge in [0, 0.05) is 11.0 Å². The van der Waals surface area contributed by atoms with Gasteiger partial charge >= 0.3 is 0 Å². The Morgan fingerprint density at radius 1 is 0.774 bits per heavy atom. The Balaban J connectivity index is 1.39. The second kappa shape index (κ2) is 9.23. The van der Waals surface area contributed by atoms with Crippen LogP contribution in [0.15, 0.2) is 112 Å². The number of rotatable bonds is 5. The SMILES string of the molecule is C(=CC(=Nc1ccc2c(c1)CCC2)Oc1ccccc1)Sc1ccc2ccccc2c1. The molecule has 0 bridgehead atoms. The summed E-state index contributed by atoms with van der Waals surface area (Å²) in [6, 6.07) is 31.2. The lowest BCUT2D eigenvalue weighted by atomic mass is 10.1. The first-order valence-corrected chi connectivity index (χ1v) is 11.5. The van der Waals surface area contributed by atoms with Gasteiger partial charge in [0.1, 0.15) is 5.75 Å². The van der Waals surface area contributed by atoms with Gasteiger partial charge in [-0.15, -0.1) is 0 Å². The summed E-state index contributed by atoms with van der Waals surface area (Å²) in [5, 5.41) is 4.54. The summed E-state index contributed by atoms with van der Waals surface area (Å²) in [7, 11) is 0. The van der Waals surface area contributed by atoms with Crippen molar-refractivity contribution < 1.29 is 4.74 Å². The molecule has 5 rings (SSSR count). The lowest BCUT2D eigenvalue weighted by Crippen LogP contribution is -2.04. The third-order valence-electron chi connectivity index (χ3n) is 5.42. The van der Waals surface area contributed by atoms with Crippen LogP contribution in [0.4, 0.5) is 5.69 Å². The fraction of sp³-hybridized carbons (Fsp3) is 0.107. The first-order valence-electron chi connectivity index (χ1n) is 10.6. The molecule has 0 atom stereocenters. The predicted octanol–water partition coefficient (Wildman–Crippen LogP) is 7.74. The molecule has 0 aliphatic heterocycles. The zero-order chi connectivity index (χ0) is 20.9. The van der Waals surface area contributed by atoms with E-state index in [0.29, 0.717) is 5.90 Å². The lowest BCUT2D eigenvalue weighted by Gasteiger charge is -2.07. The Morgan fingerprint density at radius 3 is 2.48 bits per heavy atom. The van der Waals surface area contributed by atoms with E-state index in [1.807, 2.05) is 41.8 Å². The second-order valence-corrected chi connectivity index (χ2v) is 8.58. The Morgan fingerprint density at radius 2 is 1.58 bits per heavy atom. The predicted molar refractivity (Wildman–Crippen MR) is 132 cm³/mol. The molecule has 0 radical (unpaired) electrons. The topological polar surface area (TPSA) is 21.6 Å². The molecule has 0 aromatic heterocycles. The summed E-state index contributed by atoms with van der Waals surface area (Å²) in [4.78, 5) is 5.99. The smallest absolute Gasteiger partial charge is 0.220 e. The number of para-hydroxylation sites is 1. The minimum atomic E-state index is 0.581. The van der Waals surface area contributed by atoms with E-state index in [0.717, 1.165) is 17.9 Å². The maximum atomic E-state index is 6.10. The minimum Gasteiger partial charge on any atom is -0.439 e. The van der Waals surface area contributed by atoms with Gasteiger partial charge in [-0.25, -0.2) is 4.99 Å². The number of aliphatic imine (C=N–C) groups is 1. The molecule has 0 N–H and O–H groups in total. The van der Waals surface area contributed by atoms with E-state index < -0.39 is 0 Å². The van der Waals surface area contributed by atoms with E-state index >= 15 is 0 Å². The van der Waals surface area contributed by atoms with Crippen molar-refractivity contribution in [3.05, 3.63) is 114 Å². The molecule has 0 unspecified atom stereocenters. The fourth-order valence-corrected chi connectivity index (χ4v) is 4.55. The summed E-state index contributed by atoms with van der Waals surface area (Å²) >= 11 is 1.66. The molecule has 2 nitrogen and oxygen atoms in total. The number of ether oxygens (including phenoxy) is 1. The fourth-order valence-electron chi connectivity index (χ4n) is 3.87. The van der Waals surface area contributed by atoms with E-state index in [4.69, 9.17) is 9.73 Å². The quantitative estimate of drug-likeness (QED) is 0.187. The minimum absolute atomic E-state index is 0.581. The maximum Gasteiger partial charge on any atom is 0.220 e. The first-order chi connectivity index (χ1) is 15.3. The van der Waals surface area contributed by atoms with Crippen molar-refractivity contribution in [3.8, 4) is 5.75 Å². The van der Waals surface area contributed by atoms with Gasteiger partial charge in [-0.3, -0.25) is 0 Å². The van der Waals surface area contributed by atoms with Crippen molar-refractivity contribution in [2.75, 3.05) is 0 Å². The van der Waals surface area contributed by atoms with E-state index in [9.17, 15) is 0 Å². The standard InChI is InChI=1S/C28H23NOS/c1-2-11-26(12-3-1)30-28(29-25-15-13-22-9-6-10-23(22)19-25)17-18-31-27-16-14-21-7-4-5-8-24(21)20-27/h1-5,7-8,11-20H,6,9-10H2. The van der Waals surface area contributed by atoms with Crippen LogP contribution in [0.25, 0.3) is 10.8 Å². The molecule has 3 heteroatoms. The number of benzene rings is 4. The monoisotopic (exact) mass is 421 g/mol. The van der Waals surface area contributed by atoms with Crippen molar-refractivity contribution in [3.63, 3.8) is 0 Å². The number of hydrogen-bond acceptors (Lipinski definition) is 3. The summed E-state index contributed by atoms with van der Waals surface area (Å²) in [6.07, 6.45) is 5.49. The number of aryl methyl sites for hydroxylation is 2. The Bertz CT molecular complexity index is 1260. The van der Waals surface area contributed by atoms with Gasteiger partial charge in [0.2, 0.25) is 5.90 Å². The van der Waals surface area contributed by atoms with Crippen LogP contribution in [0.5, 0.6) is 5.75 Å². The highest BCUT2D eigenvalue weighted by atomic mass is 32.2. The van der Waals surface area contributed by atoms with Crippen molar-refractivity contribution in [2.45, 2.75) is 24.2 Å². The van der Waals surface area contributed by atoms with E-state index in [-0.39, 0.29) is 0 Å². The van der Waals surface area contributed by atoms with Gasteiger partial charge in [0.05, 0.1) is 5.69 Å². The van der Waals surface area contributed by atoms with Crippen LogP contribution < -0.4 is 4.74 Å². The summed E-state index contributed by atoms with van der Waals surface area (Å²) in [6.45, 7) is 0. The maximum absolute atomic E-state index is 6.10. The number of fused-ring (bicyclic) bond motifs is 2. The van der Waals surface area contributed by atoms with E-state index in [1.54, 1.807) is 11.8 Å². The molecule has 1 aliphatic carbocycles. The van der Waals surface area contributed by atoms with Gasteiger partial charge in [-0.1, -0.05) is 66.4 Å². The molecule has 31 heavy (non-hydrogen) atoms. The van der Waals surface area contributed by atoms with Crippen LogP contribution in [-0.2, 0) is 12.8 Å². The van der Waals surface area contributed by atoms with Crippen molar-refractivity contribution in [1.29, 1.82) is 0 Å². The van der Waals surface area contributed by atoms with E-state index in [1.165, 1.54) is 39.6 Å². The third kappa shape index (κ3) is 4.89. The summed E-state index contributed by atoms with van der Waals surface area (Å²) in [5.74, 6) is 1.36. The lowest BCUT2D eigenvalue weighted by molar-refractivity contribution is 0.556. The number of thioether (sulfide) groups is 1. The molecule has 0 heterocycles. The molecule has 1 aliphatic rings. The van der Waals surface area contributed by atoms with Crippen molar-refractivity contribution in [2.24, 2.45) is 4.99 Å². The van der Waals surface area contributed by atoms with Gasteiger partial charge < -0.3 is 4.74 Å². The first kappa shape index (κ1) is 19.7. The van der Waals surface area contributed by atoms with Crippen molar-refractivity contribution in [1.82, 2.24) is 0 Å². The van der Waals surface area contributed by atoms with Crippen LogP contribution in [0.3, 0.4) is 0 Å².